The summed E-state index contributed by atoms with van der Waals surface area (Å²) in [6.45, 7) is 1.74. The number of nitrogens with one attached hydrogen (secondary N) is 3. The molecule has 1 unspecified atom stereocenters. The third-order valence-corrected chi connectivity index (χ3v) is 8.00. The minimum Gasteiger partial charge on any atom is -0.325 e. The van der Waals surface area contributed by atoms with Crippen LogP contribution in [-0.4, -0.2) is 23.0 Å². The van der Waals surface area contributed by atoms with Crippen molar-refractivity contribution >= 4 is 69.3 Å². The number of carbonyl (C=O) groups excluding carboxylic acids is 3. The first-order valence-electron chi connectivity index (χ1n) is 13.7. The van der Waals surface area contributed by atoms with E-state index in [0.717, 1.165) is 21.2 Å². The van der Waals surface area contributed by atoms with E-state index in [0.29, 0.717) is 16.9 Å². The lowest BCUT2D eigenvalue weighted by atomic mass is 10.0. The highest BCUT2D eigenvalue weighted by Gasteiger charge is 2.18. The summed E-state index contributed by atoms with van der Waals surface area (Å²) < 4.78 is 13.5. The fourth-order valence-corrected chi connectivity index (χ4v) is 5.50. The molecule has 6 nitrogen and oxygen atoms in total. The molecule has 1 atom stereocenters. The van der Waals surface area contributed by atoms with Gasteiger partial charge in [0.25, 0.3) is 11.8 Å². The van der Waals surface area contributed by atoms with Crippen molar-refractivity contribution in [1.82, 2.24) is 5.32 Å². The first kappa shape index (κ1) is 30.5. The predicted octanol–water partition coefficient (Wildman–Crippen LogP) is 8.16. The van der Waals surface area contributed by atoms with Crippen molar-refractivity contribution in [3.63, 3.8) is 0 Å². The van der Waals surface area contributed by atoms with Gasteiger partial charge in [0, 0.05) is 21.8 Å². The van der Waals surface area contributed by atoms with Crippen LogP contribution in [0.2, 0.25) is 5.02 Å². The van der Waals surface area contributed by atoms with Crippen LogP contribution in [0.25, 0.3) is 16.8 Å². The largest absolute Gasteiger partial charge is 0.325 e. The van der Waals surface area contributed by atoms with Crippen LogP contribution in [-0.2, 0) is 9.59 Å². The Morgan fingerprint density at radius 3 is 2.30 bits per heavy atom. The smallest absolute Gasteiger partial charge is 0.272 e. The normalized spacial score (nSPS) is 11.9. The van der Waals surface area contributed by atoms with Crippen LogP contribution in [0.3, 0.4) is 0 Å². The average molecular weight is 624 g/mol. The summed E-state index contributed by atoms with van der Waals surface area (Å²) in [4.78, 5) is 40.2. The summed E-state index contributed by atoms with van der Waals surface area (Å²) in [5.41, 5.74) is 2.12. The Morgan fingerprint density at radius 2 is 1.50 bits per heavy atom. The molecule has 3 amide bonds. The molecule has 0 fully saturated rings. The Bertz CT molecular complexity index is 1880. The summed E-state index contributed by atoms with van der Waals surface area (Å²) in [5, 5.41) is 9.72. The van der Waals surface area contributed by atoms with Gasteiger partial charge in [-0.05, 0) is 77.9 Å². The number of benzene rings is 5. The van der Waals surface area contributed by atoms with Gasteiger partial charge in [0.1, 0.15) is 11.5 Å². The van der Waals surface area contributed by atoms with Gasteiger partial charge in [-0.2, -0.15) is 0 Å². The molecule has 3 N–H and O–H groups in total. The summed E-state index contributed by atoms with van der Waals surface area (Å²) in [6, 6.07) is 33.2. The molecule has 0 saturated carbocycles. The van der Waals surface area contributed by atoms with E-state index in [-0.39, 0.29) is 16.6 Å². The van der Waals surface area contributed by atoms with E-state index in [1.165, 1.54) is 30.0 Å². The van der Waals surface area contributed by atoms with Crippen LogP contribution in [0.15, 0.2) is 126 Å². The summed E-state index contributed by atoms with van der Waals surface area (Å²) in [7, 11) is 0. The lowest BCUT2D eigenvalue weighted by Crippen LogP contribution is -2.30. The monoisotopic (exact) mass is 623 g/mol. The van der Waals surface area contributed by atoms with E-state index < -0.39 is 22.9 Å². The SMILES string of the molecule is CC(Sc1cccc(NC(=O)/C(=C\c2cccc3ccccc23)NC(=O)c2ccccc2)c1)C(=O)Nc1ccc(F)c(Cl)c1. The molecule has 0 saturated heterocycles. The highest BCUT2D eigenvalue weighted by Crippen LogP contribution is 2.28. The number of carbonyl (C=O) groups is 3. The first-order chi connectivity index (χ1) is 21.3. The van der Waals surface area contributed by atoms with E-state index in [9.17, 15) is 18.8 Å². The van der Waals surface area contributed by atoms with Gasteiger partial charge in [-0.3, -0.25) is 14.4 Å². The van der Waals surface area contributed by atoms with Crippen molar-refractivity contribution < 1.29 is 18.8 Å². The summed E-state index contributed by atoms with van der Waals surface area (Å²) in [6.07, 6.45) is 1.66. The van der Waals surface area contributed by atoms with Gasteiger partial charge >= 0.3 is 0 Å². The number of anilines is 2. The molecule has 5 rings (SSSR count). The number of fused-ring (bicyclic) bond motifs is 1. The average Bonchev–Trinajstić information content (AvgIpc) is 3.03. The molecule has 5 aromatic carbocycles. The molecule has 0 spiro atoms. The van der Waals surface area contributed by atoms with Gasteiger partial charge in [-0.15, -0.1) is 11.8 Å². The first-order valence-corrected chi connectivity index (χ1v) is 14.9. The second-order valence-corrected chi connectivity index (χ2v) is 11.6. The minimum atomic E-state index is -0.569. The number of hydrogen-bond acceptors (Lipinski definition) is 4. The third-order valence-electron chi connectivity index (χ3n) is 6.61. The second kappa shape index (κ2) is 14.0. The number of thioether (sulfide) groups is 1. The van der Waals surface area contributed by atoms with Gasteiger partial charge in [-0.25, -0.2) is 4.39 Å². The quantitative estimate of drug-likeness (QED) is 0.114. The Balaban J connectivity index is 1.34. The second-order valence-electron chi connectivity index (χ2n) is 9.81. The van der Waals surface area contributed by atoms with E-state index in [1.54, 1.807) is 55.5 Å². The summed E-state index contributed by atoms with van der Waals surface area (Å²) in [5.74, 6) is -1.79. The molecular weight excluding hydrogens is 597 g/mol. The van der Waals surface area contributed by atoms with Crippen LogP contribution >= 0.6 is 23.4 Å². The van der Waals surface area contributed by atoms with Crippen LogP contribution in [0.1, 0.15) is 22.8 Å². The topological polar surface area (TPSA) is 87.3 Å². The molecule has 0 bridgehead atoms. The summed E-state index contributed by atoms with van der Waals surface area (Å²) >= 11 is 7.11. The van der Waals surface area contributed by atoms with Crippen LogP contribution < -0.4 is 16.0 Å². The fourth-order valence-electron chi connectivity index (χ4n) is 4.40. The molecule has 5 aromatic rings. The van der Waals surface area contributed by atoms with Crippen LogP contribution in [0.4, 0.5) is 15.8 Å². The Hall–Kier alpha value is -4.92. The zero-order valence-electron chi connectivity index (χ0n) is 23.5. The molecule has 0 aliphatic carbocycles. The highest BCUT2D eigenvalue weighted by molar-refractivity contribution is 8.00. The molecule has 220 valence electrons. The van der Waals surface area contributed by atoms with Gasteiger partial charge in [-0.1, -0.05) is 78.3 Å². The van der Waals surface area contributed by atoms with Gasteiger partial charge in [0.15, 0.2) is 0 Å². The maximum Gasteiger partial charge on any atom is 0.272 e. The molecule has 0 heterocycles. The molecule has 0 aliphatic rings. The minimum absolute atomic E-state index is 0.0685. The zero-order valence-corrected chi connectivity index (χ0v) is 25.1. The van der Waals surface area contributed by atoms with Crippen LogP contribution in [0, 0.1) is 5.82 Å². The lowest BCUT2D eigenvalue weighted by molar-refractivity contribution is -0.115. The third kappa shape index (κ3) is 7.72. The van der Waals surface area contributed by atoms with Crippen molar-refractivity contribution in [2.75, 3.05) is 10.6 Å². The molecule has 44 heavy (non-hydrogen) atoms. The van der Waals surface area contributed by atoms with Gasteiger partial charge < -0.3 is 16.0 Å². The molecule has 0 aromatic heterocycles. The maximum absolute atomic E-state index is 13.6. The van der Waals surface area contributed by atoms with Crippen LogP contribution in [0.5, 0.6) is 0 Å². The highest BCUT2D eigenvalue weighted by atomic mass is 35.5. The Morgan fingerprint density at radius 1 is 0.795 bits per heavy atom. The van der Waals surface area contributed by atoms with Gasteiger partial charge in [0.2, 0.25) is 5.91 Å². The standard InChI is InChI=1S/C35H27ClFN3O3S/c1-22(33(41)38-27-17-18-31(37)30(36)21-27)44-28-15-8-14-26(20-28)39-35(43)32(40-34(42)24-10-3-2-4-11-24)19-25-13-7-12-23-9-5-6-16-29(23)25/h2-22H,1H3,(H,38,41)(H,39,43)(H,40,42)/b32-19+. The molecular formula is C35H27ClFN3O3S. The van der Waals surface area contributed by atoms with Crippen molar-refractivity contribution in [2.24, 2.45) is 0 Å². The van der Waals surface area contributed by atoms with Crippen molar-refractivity contribution in [2.45, 2.75) is 17.1 Å². The molecule has 0 aliphatic heterocycles. The number of halogens is 2. The van der Waals surface area contributed by atoms with E-state index in [1.807, 2.05) is 54.6 Å². The fraction of sp³-hybridized carbons (Fsp3) is 0.0571. The van der Waals surface area contributed by atoms with E-state index in [2.05, 4.69) is 16.0 Å². The maximum atomic E-state index is 13.6. The molecule has 9 heteroatoms. The van der Waals surface area contributed by atoms with Crippen molar-refractivity contribution in [1.29, 1.82) is 0 Å². The van der Waals surface area contributed by atoms with Crippen molar-refractivity contribution in [3.05, 3.63) is 143 Å². The Kier molecular flexibility index (Phi) is 9.74. The van der Waals surface area contributed by atoms with E-state index in [4.69, 9.17) is 11.6 Å². The van der Waals surface area contributed by atoms with Crippen molar-refractivity contribution in [3.8, 4) is 0 Å². The predicted molar refractivity (Wildman–Crippen MR) is 176 cm³/mol. The van der Waals surface area contributed by atoms with Gasteiger partial charge in [0.05, 0.1) is 10.3 Å². The number of hydrogen-bond donors (Lipinski definition) is 3. The number of rotatable bonds is 9. The number of amides is 3. The lowest BCUT2D eigenvalue weighted by Gasteiger charge is -2.14. The van der Waals surface area contributed by atoms with E-state index >= 15 is 0 Å². The Labute approximate surface area is 263 Å². The zero-order chi connectivity index (χ0) is 31.1. The molecule has 0 radical (unpaired) electrons.